The van der Waals surface area contributed by atoms with Crippen LogP contribution in [0.4, 0.5) is 5.13 Å². The summed E-state index contributed by atoms with van der Waals surface area (Å²) >= 11 is 8.47. The number of aromatic nitrogens is 1. The van der Waals surface area contributed by atoms with Crippen LogP contribution in [0.5, 0.6) is 0 Å². The summed E-state index contributed by atoms with van der Waals surface area (Å²) in [5.41, 5.74) is 1.75. The fourth-order valence-corrected chi connectivity index (χ4v) is 2.74. The highest BCUT2D eigenvalue weighted by atomic mass is 35.5. The lowest BCUT2D eigenvalue weighted by atomic mass is 10.2. The predicted molar refractivity (Wildman–Crippen MR) is 84.1 cm³/mol. The Hall–Kier alpha value is -1.55. The average molecular weight is 324 g/mol. The molecular formula is C13H10ClN3OS2. The average Bonchev–Trinajstić information content (AvgIpc) is 2.88. The first-order valence-electron chi connectivity index (χ1n) is 5.65. The van der Waals surface area contributed by atoms with Crippen LogP contribution in [0.15, 0.2) is 29.6 Å². The molecule has 7 heteroatoms. The van der Waals surface area contributed by atoms with Crippen LogP contribution in [-0.4, -0.2) is 22.4 Å². The van der Waals surface area contributed by atoms with E-state index >= 15 is 0 Å². The quantitative estimate of drug-likeness (QED) is 0.853. The molecule has 4 nitrogen and oxygen atoms in total. The smallest absolute Gasteiger partial charge is 0.236 e. The van der Waals surface area contributed by atoms with Crippen molar-refractivity contribution in [3.8, 4) is 17.3 Å². The maximum absolute atomic E-state index is 11.6. The van der Waals surface area contributed by atoms with Crippen molar-refractivity contribution in [1.29, 1.82) is 5.26 Å². The number of benzene rings is 1. The lowest BCUT2D eigenvalue weighted by Gasteiger charge is -1.99. The van der Waals surface area contributed by atoms with Crippen LogP contribution in [0.2, 0.25) is 5.02 Å². The fourth-order valence-electron chi connectivity index (χ4n) is 1.43. The van der Waals surface area contributed by atoms with E-state index in [0.717, 1.165) is 11.3 Å². The zero-order valence-electron chi connectivity index (χ0n) is 10.3. The summed E-state index contributed by atoms with van der Waals surface area (Å²) in [6, 6.07) is 9.33. The molecule has 0 saturated heterocycles. The van der Waals surface area contributed by atoms with Crippen molar-refractivity contribution in [1.82, 2.24) is 4.98 Å². The number of anilines is 1. The number of amides is 1. The maximum Gasteiger partial charge on any atom is 0.236 e. The van der Waals surface area contributed by atoms with Crippen molar-refractivity contribution in [2.24, 2.45) is 0 Å². The number of thioether (sulfide) groups is 1. The molecule has 1 aromatic heterocycles. The lowest BCUT2D eigenvalue weighted by molar-refractivity contribution is -0.113. The molecule has 102 valence electrons. The SMILES string of the molecule is N#CCSCC(=O)Nc1nc(-c2ccc(Cl)cc2)cs1. The summed E-state index contributed by atoms with van der Waals surface area (Å²) in [5, 5.41) is 14.2. The summed E-state index contributed by atoms with van der Waals surface area (Å²) < 4.78 is 0. The number of thiazole rings is 1. The maximum atomic E-state index is 11.6. The molecule has 2 rings (SSSR count). The summed E-state index contributed by atoms with van der Waals surface area (Å²) in [7, 11) is 0. The molecule has 0 fully saturated rings. The van der Waals surface area contributed by atoms with Gasteiger partial charge in [-0.1, -0.05) is 23.7 Å². The number of nitrogens with zero attached hydrogens (tertiary/aromatic N) is 2. The molecule has 2 aromatic rings. The number of nitriles is 1. The number of hydrogen-bond donors (Lipinski definition) is 1. The lowest BCUT2D eigenvalue weighted by Crippen LogP contribution is -2.14. The van der Waals surface area contributed by atoms with Crippen molar-refractivity contribution >= 4 is 45.7 Å². The van der Waals surface area contributed by atoms with Crippen molar-refractivity contribution in [2.75, 3.05) is 16.8 Å². The normalized spacial score (nSPS) is 10.0. The van der Waals surface area contributed by atoms with Gasteiger partial charge >= 0.3 is 0 Å². The monoisotopic (exact) mass is 323 g/mol. The number of nitrogens with one attached hydrogen (secondary N) is 1. The van der Waals surface area contributed by atoms with Gasteiger partial charge in [-0.2, -0.15) is 5.26 Å². The Kier molecular flexibility index (Phi) is 5.41. The number of rotatable bonds is 5. The molecule has 1 N–H and O–H groups in total. The highest BCUT2D eigenvalue weighted by Gasteiger charge is 2.08. The second-order valence-corrected chi connectivity index (χ2v) is 6.02. The van der Waals surface area contributed by atoms with Gasteiger partial charge in [0.1, 0.15) is 0 Å². The summed E-state index contributed by atoms with van der Waals surface area (Å²) in [6.45, 7) is 0. The standard InChI is InChI=1S/C13H10ClN3OS2/c14-10-3-1-9(2-4-10)11-7-20-13(16-11)17-12(18)8-19-6-5-15/h1-4,7H,6,8H2,(H,16,17,18). The molecule has 1 aromatic carbocycles. The van der Waals surface area contributed by atoms with Gasteiger partial charge in [-0.3, -0.25) is 4.79 Å². The molecule has 0 atom stereocenters. The molecular weight excluding hydrogens is 314 g/mol. The van der Waals surface area contributed by atoms with Gasteiger partial charge in [0.25, 0.3) is 0 Å². The number of carbonyl (C=O) groups excluding carboxylic acids is 1. The number of hydrogen-bond acceptors (Lipinski definition) is 5. The van der Waals surface area contributed by atoms with Crippen molar-refractivity contribution in [3.05, 3.63) is 34.7 Å². The van der Waals surface area contributed by atoms with Crippen LogP contribution in [0.25, 0.3) is 11.3 Å². The van der Waals surface area contributed by atoms with E-state index in [9.17, 15) is 4.79 Å². The molecule has 0 aliphatic carbocycles. The highest BCUT2D eigenvalue weighted by Crippen LogP contribution is 2.26. The van der Waals surface area contributed by atoms with Crippen molar-refractivity contribution < 1.29 is 4.79 Å². The molecule has 0 aliphatic rings. The first kappa shape index (κ1) is 14.9. The Morgan fingerprint density at radius 3 is 2.90 bits per heavy atom. The van der Waals surface area contributed by atoms with Gasteiger partial charge in [0.05, 0.1) is 23.3 Å². The Labute approximate surface area is 129 Å². The highest BCUT2D eigenvalue weighted by molar-refractivity contribution is 8.00. The molecule has 0 spiro atoms. The molecule has 20 heavy (non-hydrogen) atoms. The minimum atomic E-state index is -0.151. The number of halogens is 1. The summed E-state index contributed by atoms with van der Waals surface area (Å²) in [5.74, 6) is 0.410. The molecule has 1 heterocycles. The van der Waals surface area contributed by atoms with E-state index in [4.69, 9.17) is 16.9 Å². The van der Waals surface area contributed by atoms with Gasteiger partial charge in [-0.25, -0.2) is 4.98 Å². The van der Waals surface area contributed by atoms with Gasteiger partial charge in [0, 0.05) is 16.0 Å². The van der Waals surface area contributed by atoms with Crippen LogP contribution >= 0.6 is 34.7 Å². The minimum Gasteiger partial charge on any atom is -0.301 e. The topological polar surface area (TPSA) is 65.8 Å². The fraction of sp³-hybridized carbons (Fsp3) is 0.154. The van der Waals surface area contributed by atoms with E-state index < -0.39 is 0 Å². The molecule has 0 aliphatic heterocycles. The molecule has 1 amide bonds. The zero-order valence-corrected chi connectivity index (χ0v) is 12.7. The van der Waals surface area contributed by atoms with Gasteiger partial charge in [-0.15, -0.1) is 23.1 Å². The van der Waals surface area contributed by atoms with E-state index in [1.54, 1.807) is 12.1 Å². The van der Waals surface area contributed by atoms with E-state index in [-0.39, 0.29) is 11.7 Å². The third kappa shape index (κ3) is 4.23. The second kappa shape index (κ2) is 7.29. The summed E-state index contributed by atoms with van der Waals surface area (Å²) in [6.07, 6.45) is 0. The van der Waals surface area contributed by atoms with E-state index in [1.807, 2.05) is 23.6 Å². The van der Waals surface area contributed by atoms with Crippen LogP contribution in [-0.2, 0) is 4.79 Å². The Balaban J connectivity index is 1.97. The van der Waals surface area contributed by atoms with E-state index in [1.165, 1.54) is 23.1 Å². The Morgan fingerprint density at radius 1 is 1.45 bits per heavy atom. The third-order valence-corrected chi connectivity index (χ3v) is 4.10. The molecule has 0 saturated carbocycles. The predicted octanol–water partition coefficient (Wildman–Crippen LogP) is 3.66. The number of carbonyl (C=O) groups is 1. The van der Waals surface area contributed by atoms with Gasteiger partial charge in [0.15, 0.2) is 5.13 Å². The minimum absolute atomic E-state index is 0.151. The second-order valence-electron chi connectivity index (χ2n) is 3.74. The van der Waals surface area contributed by atoms with E-state index in [2.05, 4.69) is 10.3 Å². The van der Waals surface area contributed by atoms with Crippen LogP contribution in [0.1, 0.15) is 0 Å². The van der Waals surface area contributed by atoms with Crippen LogP contribution < -0.4 is 5.32 Å². The van der Waals surface area contributed by atoms with E-state index in [0.29, 0.717) is 15.9 Å². The Morgan fingerprint density at radius 2 is 2.20 bits per heavy atom. The molecule has 0 bridgehead atoms. The van der Waals surface area contributed by atoms with Gasteiger partial charge in [0.2, 0.25) is 5.91 Å². The van der Waals surface area contributed by atoms with Crippen LogP contribution in [0, 0.1) is 11.3 Å². The summed E-state index contributed by atoms with van der Waals surface area (Å²) in [4.78, 5) is 15.9. The van der Waals surface area contributed by atoms with Gasteiger partial charge in [-0.05, 0) is 12.1 Å². The zero-order chi connectivity index (χ0) is 14.4. The largest absolute Gasteiger partial charge is 0.301 e. The Bertz CT molecular complexity index is 634. The first-order chi connectivity index (χ1) is 9.69. The van der Waals surface area contributed by atoms with Crippen LogP contribution in [0.3, 0.4) is 0 Å². The first-order valence-corrected chi connectivity index (χ1v) is 8.06. The van der Waals surface area contributed by atoms with Crippen molar-refractivity contribution in [3.63, 3.8) is 0 Å². The van der Waals surface area contributed by atoms with Gasteiger partial charge < -0.3 is 5.32 Å². The molecule has 0 radical (unpaired) electrons. The third-order valence-electron chi connectivity index (χ3n) is 2.29. The molecule has 0 unspecified atom stereocenters. The van der Waals surface area contributed by atoms with Crippen molar-refractivity contribution in [2.45, 2.75) is 0 Å².